The normalized spacial score (nSPS) is 12.7. The van der Waals surface area contributed by atoms with E-state index in [4.69, 9.17) is 0 Å². The van der Waals surface area contributed by atoms with Crippen molar-refractivity contribution in [1.29, 1.82) is 0 Å². The molecule has 96 valence electrons. The Balaban J connectivity index is 2.44. The fraction of sp³-hybridized carbons (Fsp3) is 0.400. The van der Waals surface area contributed by atoms with E-state index in [0.717, 1.165) is 10.7 Å². The largest absolute Gasteiger partial charge is 0.307 e. The lowest BCUT2D eigenvalue weighted by molar-refractivity contribution is 0.683. The van der Waals surface area contributed by atoms with Crippen LogP contribution in [-0.4, -0.2) is 12.0 Å². The van der Waals surface area contributed by atoms with Gasteiger partial charge in [-0.15, -0.1) is 11.3 Å². The van der Waals surface area contributed by atoms with Crippen molar-refractivity contribution in [3.63, 3.8) is 0 Å². The molecule has 0 saturated carbocycles. The molecule has 1 aromatic heterocycles. The van der Waals surface area contributed by atoms with Gasteiger partial charge < -0.3 is 5.32 Å². The van der Waals surface area contributed by atoms with Crippen LogP contribution in [0, 0.1) is 27.7 Å². The number of aryl methyl sites for hydroxylation is 4. The Morgan fingerprint density at radius 1 is 1.06 bits per heavy atom. The number of rotatable bonds is 3. The minimum absolute atomic E-state index is 0.195. The van der Waals surface area contributed by atoms with Gasteiger partial charge in [0.2, 0.25) is 0 Å². The zero-order chi connectivity index (χ0) is 13.3. The zero-order valence-electron chi connectivity index (χ0n) is 11.7. The van der Waals surface area contributed by atoms with E-state index in [-0.39, 0.29) is 6.04 Å². The van der Waals surface area contributed by atoms with Crippen molar-refractivity contribution in [2.45, 2.75) is 33.7 Å². The highest BCUT2D eigenvalue weighted by Gasteiger charge is 2.17. The molecule has 2 aromatic rings. The van der Waals surface area contributed by atoms with Crippen LogP contribution in [0.5, 0.6) is 0 Å². The second kappa shape index (κ2) is 5.21. The smallest absolute Gasteiger partial charge is 0.115 e. The number of aromatic nitrogens is 1. The molecular weight excluding hydrogens is 240 g/mol. The number of hydrogen-bond donors (Lipinski definition) is 1. The standard InChI is InChI=1S/C15H20N2S/c1-9-6-10(2)8-13(7-9)14(16-5)15-17-11(3)12(4)18-15/h6-8,14,16H,1-5H3. The molecule has 0 aliphatic heterocycles. The topological polar surface area (TPSA) is 24.9 Å². The average molecular weight is 260 g/mol. The third-order valence-electron chi connectivity index (χ3n) is 3.16. The van der Waals surface area contributed by atoms with E-state index < -0.39 is 0 Å². The minimum atomic E-state index is 0.195. The predicted molar refractivity (Wildman–Crippen MR) is 78.4 cm³/mol. The fourth-order valence-corrected chi connectivity index (χ4v) is 3.29. The molecule has 2 nitrogen and oxygen atoms in total. The summed E-state index contributed by atoms with van der Waals surface area (Å²) >= 11 is 1.78. The van der Waals surface area contributed by atoms with Crippen molar-refractivity contribution in [3.8, 4) is 0 Å². The molecule has 1 heterocycles. The van der Waals surface area contributed by atoms with E-state index in [9.17, 15) is 0 Å². The molecular formula is C15H20N2S. The first-order chi connectivity index (χ1) is 8.51. The summed E-state index contributed by atoms with van der Waals surface area (Å²) < 4.78 is 0. The number of nitrogens with zero attached hydrogens (tertiary/aromatic N) is 1. The third kappa shape index (κ3) is 2.62. The van der Waals surface area contributed by atoms with Gasteiger partial charge >= 0.3 is 0 Å². The average Bonchev–Trinajstić information content (AvgIpc) is 2.58. The van der Waals surface area contributed by atoms with Crippen LogP contribution < -0.4 is 5.32 Å². The fourth-order valence-electron chi connectivity index (χ4n) is 2.23. The molecule has 2 rings (SSSR count). The van der Waals surface area contributed by atoms with Crippen LogP contribution in [-0.2, 0) is 0 Å². The van der Waals surface area contributed by atoms with E-state index >= 15 is 0 Å². The molecule has 18 heavy (non-hydrogen) atoms. The minimum Gasteiger partial charge on any atom is -0.307 e. The Bertz CT molecular complexity index is 518. The van der Waals surface area contributed by atoms with Gasteiger partial charge in [0.1, 0.15) is 5.01 Å². The number of thiazole rings is 1. The van der Waals surface area contributed by atoms with Gasteiger partial charge in [0.15, 0.2) is 0 Å². The first-order valence-electron chi connectivity index (χ1n) is 6.20. The van der Waals surface area contributed by atoms with Crippen molar-refractivity contribution in [2.24, 2.45) is 0 Å². The first kappa shape index (κ1) is 13.2. The zero-order valence-corrected chi connectivity index (χ0v) is 12.5. The van der Waals surface area contributed by atoms with E-state index in [1.165, 1.54) is 21.6 Å². The molecule has 0 radical (unpaired) electrons. The van der Waals surface area contributed by atoms with Gasteiger partial charge in [0, 0.05) is 4.88 Å². The lowest BCUT2D eigenvalue weighted by atomic mass is 10.0. The molecule has 1 atom stereocenters. The highest BCUT2D eigenvalue weighted by Crippen LogP contribution is 2.28. The van der Waals surface area contributed by atoms with Crippen molar-refractivity contribution < 1.29 is 0 Å². The second-order valence-corrected chi connectivity index (χ2v) is 6.07. The van der Waals surface area contributed by atoms with Gasteiger partial charge in [-0.2, -0.15) is 0 Å². The number of benzene rings is 1. The summed E-state index contributed by atoms with van der Waals surface area (Å²) in [6.45, 7) is 8.48. The maximum atomic E-state index is 4.67. The van der Waals surface area contributed by atoms with E-state index in [0.29, 0.717) is 0 Å². The molecule has 0 fully saturated rings. The van der Waals surface area contributed by atoms with Crippen molar-refractivity contribution in [3.05, 3.63) is 50.5 Å². The van der Waals surface area contributed by atoms with Crippen molar-refractivity contribution in [1.82, 2.24) is 10.3 Å². The molecule has 1 unspecified atom stereocenters. The lowest BCUT2D eigenvalue weighted by Gasteiger charge is -2.15. The summed E-state index contributed by atoms with van der Waals surface area (Å²) in [6, 6.07) is 6.87. The monoisotopic (exact) mass is 260 g/mol. The first-order valence-corrected chi connectivity index (χ1v) is 7.02. The molecule has 0 spiro atoms. The molecule has 0 saturated heterocycles. The maximum Gasteiger partial charge on any atom is 0.115 e. The Morgan fingerprint density at radius 3 is 2.11 bits per heavy atom. The number of nitrogens with one attached hydrogen (secondary N) is 1. The van der Waals surface area contributed by atoms with Crippen LogP contribution in [0.15, 0.2) is 18.2 Å². The SMILES string of the molecule is CNC(c1cc(C)cc(C)c1)c1nc(C)c(C)s1. The predicted octanol–water partition coefficient (Wildman–Crippen LogP) is 3.69. The lowest BCUT2D eigenvalue weighted by Crippen LogP contribution is -2.17. The quantitative estimate of drug-likeness (QED) is 0.910. The van der Waals surface area contributed by atoms with Gasteiger partial charge in [-0.1, -0.05) is 29.3 Å². The van der Waals surface area contributed by atoms with Crippen LogP contribution in [0.4, 0.5) is 0 Å². The Hall–Kier alpha value is -1.19. The molecule has 0 aliphatic rings. The Labute approximate surface area is 113 Å². The summed E-state index contributed by atoms with van der Waals surface area (Å²) in [4.78, 5) is 5.97. The second-order valence-electron chi connectivity index (χ2n) is 4.84. The van der Waals surface area contributed by atoms with E-state index in [2.05, 4.69) is 56.2 Å². The molecule has 0 aliphatic carbocycles. The van der Waals surface area contributed by atoms with Gasteiger partial charge in [-0.3, -0.25) is 0 Å². The summed E-state index contributed by atoms with van der Waals surface area (Å²) in [5, 5.41) is 4.53. The summed E-state index contributed by atoms with van der Waals surface area (Å²) in [7, 11) is 1.99. The van der Waals surface area contributed by atoms with Crippen LogP contribution in [0.1, 0.15) is 38.3 Å². The Morgan fingerprint density at radius 2 is 1.67 bits per heavy atom. The van der Waals surface area contributed by atoms with Crippen LogP contribution in [0.3, 0.4) is 0 Å². The van der Waals surface area contributed by atoms with E-state index in [1.807, 2.05) is 7.05 Å². The van der Waals surface area contributed by atoms with Crippen LogP contribution in [0.2, 0.25) is 0 Å². The summed E-state index contributed by atoms with van der Waals surface area (Å²) in [5.74, 6) is 0. The molecule has 1 N–H and O–H groups in total. The van der Waals surface area contributed by atoms with E-state index in [1.54, 1.807) is 11.3 Å². The van der Waals surface area contributed by atoms with Gasteiger partial charge in [0.05, 0.1) is 11.7 Å². The summed E-state index contributed by atoms with van der Waals surface area (Å²) in [5.41, 5.74) is 5.04. The maximum absolute atomic E-state index is 4.67. The van der Waals surface area contributed by atoms with Gasteiger partial charge in [-0.25, -0.2) is 4.98 Å². The molecule has 0 amide bonds. The molecule has 3 heteroatoms. The number of hydrogen-bond acceptors (Lipinski definition) is 3. The van der Waals surface area contributed by atoms with Gasteiger partial charge in [0.25, 0.3) is 0 Å². The highest BCUT2D eigenvalue weighted by atomic mass is 32.1. The third-order valence-corrected chi connectivity index (χ3v) is 4.30. The van der Waals surface area contributed by atoms with Crippen LogP contribution in [0.25, 0.3) is 0 Å². The van der Waals surface area contributed by atoms with Gasteiger partial charge in [-0.05, 0) is 40.3 Å². The van der Waals surface area contributed by atoms with Crippen molar-refractivity contribution in [2.75, 3.05) is 7.05 Å². The van der Waals surface area contributed by atoms with Crippen LogP contribution >= 0.6 is 11.3 Å². The Kier molecular flexibility index (Phi) is 3.83. The highest BCUT2D eigenvalue weighted by molar-refractivity contribution is 7.11. The summed E-state index contributed by atoms with van der Waals surface area (Å²) in [6.07, 6.45) is 0. The molecule has 1 aromatic carbocycles. The van der Waals surface area contributed by atoms with Crippen molar-refractivity contribution >= 4 is 11.3 Å². The molecule has 0 bridgehead atoms.